The van der Waals surface area contributed by atoms with Crippen LogP contribution in [0.15, 0.2) is 60.8 Å². The zero-order chi connectivity index (χ0) is 26.5. The fourth-order valence-corrected chi connectivity index (χ4v) is 5.25. The molecule has 9 heteroatoms. The predicted molar refractivity (Wildman–Crippen MR) is 148 cm³/mol. The number of benzene rings is 3. The van der Waals surface area contributed by atoms with Crippen molar-refractivity contribution in [2.24, 2.45) is 0 Å². The van der Waals surface area contributed by atoms with E-state index in [1.54, 1.807) is 24.6 Å². The minimum absolute atomic E-state index is 0.144. The van der Waals surface area contributed by atoms with E-state index in [4.69, 9.17) is 24.2 Å². The molecule has 38 heavy (non-hydrogen) atoms. The molecule has 1 N–H and O–H groups in total. The number of nitrogens with one attached hydrogen (secondary N) is 1. The molecule has 2 heterocycles. The molecule has 0 atom stereocenters. The average Bonchev–Trinajstić information content (AvgIpc) is 3.35. The van der Waals surface area contributed by atoms with Gasteiger partial charge in [-0.1, -0.05) is 30.3 Å². The summed E-state index contributed by atoms with van der Waals surface area (Å²) in [6, 6.07) is 17.7. The lowest BCUT2D eigenvalue weighted by Gasteiger charge is -2.09. The number of ether oxygens (including phenoxy) is 3. The van der Waals surface area contributed by atoms with E-state index in [1.807, 2.05) is 62.4 Å². The van der Waals surface area contributed by atoms with Crippen molar-refractivity contribution in [3.05, 3.63) is 83.2 Å². The van der Waals surface area contributed by atoms with E-state index in [0.29, 0.717) is 18.9 Å². The molecule has 2 aromatic heterocycles. The first-order chi connectivity index (χ1) is 18.5. The maximum Gasteiger partial charge on any atom is 0.407 e. The Balaban J connectivity index is 1.27. The van der Waals surface area contributed by atoms with Crippen molar-refractivity contribution in [3.8, 4) is 16.3 Å². The van der Waals surface area contributed by atoms with Crippen LogP contribution in [0, 0.1) is 13.8 Å². The molecule has 3 aromatic carbocycles. The molecule has 194 valence electrons. The summed E-state index contributed by atoms with van der Waals surface area (Å²) < 4.78 is 17.3. The molecule has 0 radical (unpaired) electrons. The fraction of sp³-hybridized carbons (Fsp3) is 0.241. The first-order valence-corrected chi connectivity index (χ1v) is 13.1. The molecule has 0 fully saturated rings. The van der Waals surface area contributed by atoms with Crippen LogP contribution in [-0.4, -0.2) is 41.4 Å². The van der Waals surface area contributed by atoms with Gasteiger partial charge in [0.1, 0.15) is 24.0 Å². The maximum atomic E-state index is 12.0. The van der Waals surface area contributed by atoms with Crippen LogP contribution >= 0.6 is 11.3 Å². The van der Waals surface area contributed by atoms with Gasteiger partial charge in [-0.3, -0.25) is 4.98 Å². The summed E-state index contributed by atoms with van der Waals surface area (Å²) in [7, 11) is 1.64. The van der Waals surface area contributed by atoms with Crippen LogP contribution in [0.4, 0.5) is 4.79 Å². The van der Waals surface area contributed by atoms with Crippen molar-refractivity contribution < 1.29 is 19.0 Å². The van der Waals surface area contributed by atoms with Crippen LogP contribution in [0.5, 0.6) is 5.75 Å². The first-order valence-electron chi connectivity index (χ1n) is 12.2. The molecule has 0 aliphatic heterocycles. The Kier molecular flexibility index (Phi) is 7.76. The molecule has 1 amide bonds. The maximum absolute atomic E-state index is 12.0. The Labute approximate surface area is 224 Å². The van der Waals surface area contributed by atoms with Gasteiger partial charge in [0.15, 0.2) is 0 Å². The van der Waals surface area contributed by atoms with Crippen LogP contribution in [0.3, 0.4) is 0 Å². The van der Waals surface area contributed by atoms with Gasteiger partial charge in [-0.05, 0) is 54.8 Å². The molecular weight excluding hydrogens is 500 g/mol. The second-order valence-corrected chi connectivity index (χ2v) is 9.93. The number of hydrogen-bond donors (Lipinski definition) is 1. The molecule has 5 aromatic rings. The average molecular weight is 529 g/mol. The number of aryl methyl sites for hydroxylation is 2. The van der Waals surface area contributed by atoms with E-state index < -0.39 is 6.09 Å². The molecule has 5 rings (SSSR count). The number of aromatic nitrogens is 3. The Bertz CT molecular complexity index is 1590. The van der Waals surface area contributed by atoms with Crippen LogP contribution in [0.1, 0.15) is 22.4 Å². The molecule has 0 aliphatic carbocycles. The number of rotatable bonds is 9. The number of carbonyl (C=O) groups excluding carboxylic acids is 1. The molecular formula is C29H28N4O4S. The summed E-state index contributed by atoms with van der Waals surface area (Å²) in [5.41, 5.74) is 7.40. The third kappa shape index (κ3) is 5.90. The molecule has 0 bridgehead atoms. The fourth-order valence-electron chi connectivity index (χ4n) is 4.16. The number of hydrogen-bond acceptors (Lipinski definition) is 8. The quantitative estimate of drug-likeness (QED) is 0.235. The number of carbonyl (C=O) groups is 1. The van der Waals surface area contributed by atoms with Crippen molar-refractivity contribution in [2.45, 2.75) is 27.0 Å². The summed E-state index contributed by atoms with van der Waals surface area (Å²) in [5, 5.41) is 3.61. The summed E-state index contributed by atoms with van der Waals surface area (Å²) in [6.07, 6.45) is 1.28. The third-order valence-corrected chi connectivity index (χ3v) is 6.92. The number of amides is 1. The first kappa shape index (κ1) is 25.6. The van der Waals surface area contributed by atoms with Gasteiger partial charge in [-0.15, -0.1) is 11.3 Å². The lowest BCUT2D eigenvalue weighted by atomic mass is 10.1. The van der Waals surface area contributed by atoms with Gasteiger partial charge in [0.2, 0.25) is 0 Å². The number of fused-ring (bicyclic) bond motifs is 2. The van der Waals surface area contributed by atoms with Crippen molar-refractivity contribution in [1.29, 1.82) is 0 Å². The Morgan fingerprint density at radius 1 is 1.00 bits per heavy atom. The van der Waals surface area contributed by atoms with Crippen molar-refractivity contribution in [2.75, 3.05) is 20.3 Å². The van der Waals surface area contributed by atoms with Crippen molar-refractivity contribution in [3.63, 3.8) is 0 Å². The highest BCUT2D eigenvalue weighted by Crippen LogP contribution is 2.37. The SMILES string of the molecule is COCc1cnc2c(-c3nc4c(C)cc(OCCOC(=O)NCc5ccccc5)cc4s3)cc(C)cc2n1. The molecule has 0 unspecified atom stereocenters. The smallest absolute Gasteiger partial charge is 0.407 e. The minimum Gasteiger partial charge on any atom is -0.490 e. The number of methoxy groups -OCH3 is 1. The molecule has 0 saturated heterocycles. The van der Waals surface area contributed by atoms with Gasteiger partial charge in [0, 0.05) is 19.2 Å². The van der Waals surface area contributed by atoms with Crippen molar-refractivity contribution >= 4 is 38.7 Å². The lowest BCUT2D eigenvalue weighted by Crippen LogP contribution is -2.25. The van der Waals surface area contributed by atoms with Gasteiger partial charge in [0.25, 0.3) is 0 Å². The van der Waals surface area contributed by atoms with Crippen LogP contribution in [-0.2, 0) is 22.6 Å². The highest BCUT2D eigenvalue weighted by Gasteiger charge is 2.15. The second-order valence-electron chi connectivity index (χ2n) is 8.90. The highest BCUT2D eigenvalue weighted by molar-refractivity contribution is 7.21. The largest absolute Gasteiger partial charge is 0.490 e. The van der Waals surface area contributed by atoms with E-state index in [1.165, 1.54) is 0 Å². The van der Waals surface area contributed by atoms with Crippen LogP contribution < -0.4 is 10.1 Å². The van der Waals surface area contributed by atoms with E-state index in [-0.39, 0.29) is 13.2 Å². The lowest BCUT2D eigenvalue weighted by molar-refractivity contribution is 0.124. The normalized spacial score (nSPS) is 11.1. The van der Waals surface area contributed by atoms with Crippen LogP contribution in [0.25, 0.3) is 31.8 Å². The second kappa shape index (κ2) is 11.5. The number of thiazole rings is 1. The van der Waals surface area contributed by atoms with E-state index in [0.717, 1.165) is 54.2 Å². The summed E-state index contributed by atoms with van der Waals surface area (Å²) in [5.74, 6) is 0.705. The third-order valence-electron chi connectivity index (χ3n) is 5.89. The number of alkyl carbamates (subject to hydrolysis) is 1. The topological polar surface area (TPSA) is 95.5 Å². The minimum atomic E-state index is -0.473. The van der Waals surface area contributed by atoms with Gasteiger partial charge >= 0.3 is 6.09 Å². The Morgan fingerprint density at radius 2 is 1.84 bits per heavy atom. The summed E-state index contributed by atoms with van der Waals surface area (Å²) >= 11 is 1.59. The Morgan fingerprint density at radius 3 is 2.66 bits per heavy atom. The summed E-state index contributed by atoms with van der Waals surface area (Å²) in [4.78, 5) is 26.3. The molecule has 0 saturated carbocycles. The Hall–Kier alpha value is -4.08. The van der Waals surface area contributed by atoms with E-state index >= 15 is 0 Å². The van der Waals surface area contributed by atoms with Crippen molar-refractivity contribution in [1.82, 2.24) is 20.3 Å². The monoisotopic (exact) mass is 528 g/mol. The standard InChI is InChI=1S/C29H28N4O4S/c1-18-11-23(27-24(12-18)32-21(16-30-27)17-35-3)28-33-26-19(2)13-22(14-25(26)38-28)36-9-10-37-29(34)31-15-20-7-5-4-6-8-20/h4-8,11-14,16H,9-10,15,17H2,1-3H3,(H,31,34). The number of nitrogens with zero attached hydrogens (tertiary/aromatic N) is 3. The van der Waals surface area contributed by atoms with Crippen LogP contribution in [0.2, 0.25) is 0 Å². The zero-order valence-corrected chi connectivity index (χ0v) is 22.3. The van der Waals surface area contributed by atoms with Gasteiger partial charge in [-0.25, -0.2) is 14.8 Å². The van der Waals surface area contributed by atoms with Gasteiger partial charge in [0.05, 0.1) is 39.7 Å². The van der Waals surface area contributed by atoms with Gasteiger partial charge in [-0.2, -0.15) is 0 Å². The predicted octanol–water partition coefficient (Wildman–Crippen LogP) is 5.97. The van der Waals surface area contributed by atoms with Gasteiger partial charge < -0.3 is 19.5 Å². The highest BCUT2D eigenvalue weighted by atomic mass is 32.1. The molecule has 0 aliphatic rings. The molecule has 0 spiro atoms. The van der Waals surface area contributed by atoms with E-state index in [9.17, 15) is 4.79 Å². The van der Waals surface area contributed by atoms with E-state index in [2.05, 4.69) is 16.4 Å². The zero-order valence-electron chi connectivity index (χ0n) is 21.5. The summed E-state index contributed by atoms with van der Waals surface area (Å²) in [6.45, 7) is 5.28. The molecule has 8 nitrogen and oxygen atoms in total.